The largest absolute Gasteiger partial charge is 0.369 e. The Morgan fingerprint density at radius 3 is 2.58 bits per heavy atom. The molecule has 1 atom stereocenters. The molecule has 1 aromatic carbocycles. The van der Waals surface area contributed by atoms with E-state index in [1.165, 1.54) is 12.1 Å². The number of rotatable bonds is 5. The molecule has 0 aliphatic carbocycles. The molecule has 0 bridgehead atoms. The van der Waals surface area contributed by atoms with Gasteiger partial charge in [-0.25, -0.2) is 4.99 Å². The van der Waals surface area contributed by atoms with Crippen LogP contribution in [0.3, 0.4) is 0 Å². The van der Waals surface area contributed by atoms with Gasteiger partial charge in [0.15, 0.2) is 5.96 Å². The van der Waals surface area contributed by atoms with E-state index in [2.05, 4.69) is 63.2 Å². The Morgan fingerprint density at radius 2 is 1.87 bits per heavy atom. The predicted molar refractivity (Wildman–Crippen MR) is 142 cm³/mol. The lowest BCUT2D eigenvalue weighted by molar-refractivity contribution is 0.259. The van der Waals surface area contributed by atoms with Crippen molar-refractivity contribution in [3.63, 3.8) is 0 Å². The van der Waals surface area contributed by atoms with Gasteiger partial charge in [-0.15, -0.1) is 24.0 Å². The van der Waals surface area contributed by atoms with Gasteiger partial charge in [0.1, 0.15) is 0 Å². The molecule has 172 valence electrons. The maximum absolute atomic E-state index is 6.65. The Labute approximate surface area is 209 Å². The third kappa shape index (κ3) is 6.06. The maximum atomic E-state index is 6.65. The molecule has 0 aromatic heterocycles. The molecule has 3 aliphatic rings. The fraction of sp³-hybridized carbons (Fsp3) is 0.609. The Balaban J connectivity index is 0.00000272. The van der Waals surface area contributed by atoms with E-state index in [-0.39, 0.29) is 24.0 Å². The van der Waals surface area contributed by atoms with Gasteiger partial charge in [-0.3, -0.25) is 4.90 Å². The summed E-state index contributed by atoms with van der Waals surface area (Å²) in [5.41, 5.74) is 2.37. The number of nitrogens with one attached hydrogen (secondary N) is 1. The second-order valence-corrected chi connectivity index (χ2v) is 8.92. The summed E-state index contributed by atoms with van der Waals surface area (Å²) in [6.45, 7) is 12.1. The molecule has 6 nitrogen and oxygen atoms in total. The number of hydrogen-bond acceptors (Lipinski definition) is 4. The number of likely N-dealkylation sites (tertiary alicyclic amines) is 1. The number of halogens is 2. The van der Waals surface area contributed by atoms with Crippen LogP contribution in [0.2, 0.25) is 5.02 Å². The van der Waals surface area contributed by atoms with Crippen molar-refractivity contribution in [3.05, 3.63) is 40.9 Å². The highest BCUT2D eigenvalue weighted by Gasteiger charge is 2.29. The van der Waals surface area contributed by atoms with Gasteiger partial charge in [0.25, 0.3) is 0 Å². The van der Waals surface area contributed by atoms with Gasteiger partial charge >= 0.3 is 0 Å². The van der Waals surface area contributed by atoms with E-state index in [1.54, 1.807) is 0 Å². The number of hydrogen-bond donors (Lipinski definition) is 1. The zero-order valence-electron chi connectivity index (χ0n) is 18.8. The molecule has 2 saturated heterocycles. The first kappa shape index (κ1) is 24.6. The minimum absolute atomic E-state index is 0. The summed E-state index contributed by atoms with van der Waals surface area (Å²) in [6.07, 6.45) is 5.75. The first-order valence-electron chi connectivity index (χ1n) is 11.3. The number of likely N-dealkylation sites (N-methyl/N-ethyl adjacent to an activating group) is 1. The molecule has 31 heavy (non-hydrogen) atoms. The predicted octanol–water partition coefficient (Wildman–Crippen LogP) is 3.12. The molecule has 1 aromatic rings. The summed E-state index contributed by atoms with van der Waals surface area (Å²) in [7, 11) is 2.19. The molecule has 0 amide bonds. The van der Waals surface area contributed by atoms with Crippen LogP contribution in [0.15, 0.2) is 35.3 Å². The van der Waals surface area contributed by atoms with Crippen LogP contribution in [0.1, 0.15) is 18.9 Å². The molecular formula is C23H36ClIN6. The topological polar surface area (TPSA) is 37.4 Å². The third-order valence-corrected chi connectivity index (χ3v) is 6.84. The van der Waals surface area contributed by atoms with E-state index in [4.69, 9.17) is 16.6 Å². The van der Waals surface area contributed by atoms with Crippen LogP contribution in [0.25, 0.3) is 0 Å². The number of aliphatic imine (C=N–C) groups is 1. The Hall–Kier alpha value is -1.03. The first-order valence-corrected chi connectivity index (χ1v) is 11.7. The Bertz CT molecular complexity index is 769. The Kier molecular flexibility index (Phi) is 9.31. The summed E-state index contributed by atoms with van der Waals surface area (Å²) in [4.78, 5) is 14.8. The van der Waals surface area contributed by atoms with Crippen LogP contribution in [0.4, 0.5) is 5.69 Å². The lowest BCUT2D eigenvalue weighted by Gasteiger charge is -2.35. The van der Waals surface area contributed by atoms with Crippen molar-refractivity contribution in [2.24, 2.45) is 4.99 Å². The molecule has 0 radical (unpaired) electrons. The van der Waals surface area contributed by atoms with Crippen LogP contribution >= 0.6 is 35.6 Å². The SMILES string of the molecule is CCNC(=NCc1c(Cl)cccc1N1CCN(C)CC1)N1CCC(N2CC=CC2)C1.I. The van der Waals surface area contributed by atoms with Crippen LogP contribution in [0.5, 0.6) is 0 Å². The van der Waals surface area contributed by atoms with Gasteiger partial charge in [-0.1, -0.05) is 29.8 Å². The average molecular weight is 559 g/mol. The number of piperazine rings is 1. The van der Waals surface area contributed by atoms with Crippen LogP contribution < -0.4 is 10.2 Å². The van der Waals surface area contributed by atoms with E-state index in [1.807, 2.05) is 6.07 Å². The van der Waals surface area contributed by atoms with Gasteiger partial charge in [0, 0.05) is 81.2 Å². The summed E-state index contributed by atoms with van der Waals surface area (Å²) in [6, 6.07) is 6.86. The molecule has 0 saturated carbocycles. The number of anilines is 1. The van der Waals surface area contributed by atoms with E-state index in [9.17, 15) is 0 Å². The van der Waals surface area contributed by atoms with Gasteiger partial charge < -0.3 is 20.0 Å². The second-order valence-electron chi connectivity index (χ2n) is 8.51. The minimum atomic E-state index is 0. The second kappa shape index (κ2) is 11.7. The van der Waals surface area contributed by atoms with E-state index in [0.717, 1.165) is 75.4 Å². The lowest BCUT2D eigenvalue weighted by atomic mass is 10.1. The standard InChI is InChI=1S/C23H35ClN6.HI/c1-3-25-23(30-12-9-19(18-30)28-10-4-5-11-28)26-17-20-21(24)7-6-8-22(20)29-15-13-27(2)14-16-29;/h4-8,19H,3,9-18H2,1-2H3,(H,25,26);1H. The van der Waals surface area contributed by atoms with Crippen molar-refractivity contribution >= 4 is 47.2 Å². The maximum Gasteiger partial charge on any atom is 0.194 e. The van der Waals surface area contributed by atoms with E-state index >= 15 is 0 Å². The van der Waals surface area contributed by atoms with E-state index < -0.39 is 0 Å². The fourth-order valence-electron chi connectivity index (χ4n) is 4.65. The van der Waals surface area contributed by atoms with Gasteiger partial charge in [-0.2, -0.15) is 0 Å². The molecule has 0 spiro atoms. The number of nitrogens with zero attached hydrogens (tertiary/aromatic N) is 5. The number of benzene rings is 1. The monoisotopic (exact) mass is 558 g/mol. The lowest BCUT2D eigenvalue weighted by Crippen LogP contribution is -2.45. The molecule has 2 fully saturated rings. The average Bonchev–Trinajstić information content (AvgIpc) is 3.44. The van der Waals surface area contributed by atoms with Crippen molar-refractivity contribution in [1.82, 2.24) is 20.0 Å². The van der Waals surface area contributed by atoms with Gasteiger partial charge in [0.2, 0.25) is 0 Å². The highest BCUT2D eigenvalue weighted by Crippen LogP contribution is 2.29. The van der Waals surface area contributed by atoms with E-state index in [0.29, 0.717) is 12.6 Å². The molecule has 3 heterocycles. The molecule has 8 heteroatoms. The highest BCUT2D eigenvalue weighted by atomic mass is 127. The van der Waals surface area contributed by atoms with Crippen LogP contribution in [0, 0.1) is 0 Å². The molecule has 1 unspecified atom stereocenters. The Morgan fingerprint density at radius 1 is 1.13 bits per heavy atom. The van der Waals surface area contributed by atoms with Crippen molar-refractivity contribution in [3.8, 4) is 0 Å². The smallest absolute Gasteiger partial charge is 0.194 e. The van der Waals surface area contributed by atoms with Gasteiger partial charge in [0.05, 0.1) is 6.54 Å². The van der Waals surface area contributed by atoms with Crippen molar-refractivity contribution < 1.29 is 0 Å². The van der Waals surface area contributed by atoms with Crippen LogP contribution in [-0.2, 0) is 6.54 Å². The quantitative estimate of drug-likeness (QED) is 0.260. The molecule has 3 aliphatic heterocycles. The summed E-state index contributed by atoms with van der Waals surface area (Å²) >= 11 is 6.65. The fourth-order valence-corrected chi connectivity index (χ4v) is 4.88. The third-order valence-electron chi connectivity index (χ3n) is 6.49. The normalized spacial score (nSPS) is 22.8. The zero-order valence-corrected chi connectivity index (χ0v) is 21.9. The van der Waals surface area contributed by atoms with Crippen molar-refractivity contribution in [2.45, 2.75) is 25.9 Å². The van der Waals surface area contributed by atoms with Crippen LogP contribution in [-0.4, -0.2) is 92.7 Å². The summed E-state index contributed by atoms with van der Waals surface area (Å²) in [5.74, 6) is 1.01. The number of guanidine groups is 1. The first-order chi connectivity index (χ1) is 14.7. The minimum Gasteiger partial charge on any atom is -0.369 e. The van der Waals surface area contributed by atoms with Gasteiger partial charge in [-0.05, 0) is 32.5 Å². The highest BCUT2D eigenvalue weighted by molar-refractivity contribution is 14.0. The van der Waals surface area contributed by atoms with Crippen molar-refractivity contribution in [1.29, 1.82) is 0 Å². The summed E-state index contributed by atoms with van der Waals surface area (Å²) < 4.78 is 0. The van der Waals surface area contributed by atoms with Crippen molar-refractivity contribution in [2.75, 3.05) is 70.9 Å². The molecular weight excluding hydrogens is 523 g/mol. The molecule has 4 rings (SSSR count). The zero-order chi connectivity index (χ0) is 20.9. The summed E-state index contributed by atoms with van der Waals surface area (Å²) in [5, 5.41) is 4.32. The molecule has 1 N–H and O–H groups in total.